The average molecular weight is 273 g/mol. The van der Waals surface area contributed by atoms with Crippen molar-refractivity contribution in [2.75, 3.05) is 13.2 Å². The van der Waals surface area contributed by atoms with Crippen LogP contribution in [0.1, 0.15) is 38.5 Å². The standard InChI is InChI=1S/C17H23NO2/c19-17(13-20-15-9-2-1-3-10-15)18-12-6-8-14-7-4-5-11-16(14)18/h1-3,9-10,14,16H,4-8,11-13H2/t14-,16-/m0/s1. The zero-order valence-corrected chi connectivity index (χ0v) is 12.0. The molecule has 0 unspecified atom stereocenters. The molecule has 20 heavy (non-hydrogen) atoms. The van der Waals surface area contributed by atoms with Crippen molar-refractivity contribution in [3.63, 3.8) is 0 Å². The Bertz CT molecular complexity index is 444. The van der Waals surface area contributed by atoms with Crippen LogP contribution in [0.15, 0.2) is 30.3 Å². The Labute approximate surface area is 120 Å². The Hall–Kier alpha value is -1.51. The highest BCUT2D eigenvalue weighted by Crippen LogP contribution is 2.35. The second-order valence-corrected chi connectivity index (χ2v) is 5.94. The minimum Gasteiger partial charge on any atom is -0.484 e. The van der Waals surface area contributed by atoms with Gasteiger partial charge >= 0.3 is 0 Å². The summed E-state index contributed by atoms with van der Waals surface area (Å²) in [5.41, 5.74) is 0. The number of amides is 1. The molecule has 0 aromatic heterocycles. The Morgan fingerprint density at radius 1 is 1.10 bits per heavy atom. The molecule has 1 saturated carbocycles. The number of ether oxygens (including phenoxy) is 1. The molecule has 0 radical (unpaired) electrons. The number of carbonyl (C=O) groups is 1. The lowest BCUT2D eigenvalue weighted by Gasteiger charge is -2.44. The maximum atomic E-state index is 12.4. The maximum Gasteiger partial charge on any atom is 0.260 e. The van der Waals surface area contributed by atoms with Crippen molar-refractivity contribution in [1.82, 2.24) is 4.90 Å². The number of para-hydroxylation sites is 1. The summed E-state index contributed by atoms with van der Waals surface area (Å²) in [7, 11) is 0. The van der Waals surface area contributed by atoms with Crippen LogP contribution < -0.4 is 4.74 Å². The van der Waals surface area contributed by atoms with Crippen LogP contribution in [0.25, 0.3) is 0 Å². The first-order valence-electron chi connectivity index (χ1n) is 7.82. The van der Waals surface area contributed by atoms with Crippen LogP contribution in [-0.4, -0.2) is 30.0 Å². The minimum absolute atomic E-state index is 0.158. The molecule has 1 aromatic carbocycles. The number of benzene rings is 1. The molecule has 1 aromatic rings. The van der Waals surface area contributed by atoms with Crippen LogP contribution >= 0.6 is 0 Å². The number of nitrogens with zero attached hydrogens (tertiary/aromatic N) is 1. The summed E-state index contributed by atoms with van der Waals surface area (Å²) < 4.78 is 5.61. The normalized spacial score (nSPS) is 25.9. The predicted molar refractivity (Wildman–Crippen MR) is 78.6 cm³/mol. The number of piperidine rings is 1. The van der Waals surface area contributed by atoms with Gasteiger partial charge in [0.1, 0.15) is 5.75 Å². The summed E-state index contributed by atoms with van der Waals surface area (Å²) in [6.45, 7) is 1.09. The van der Waals surface area contributed by atoms with Crippen LogP contribution in [0, 0.1) is 5.92 Å². The van der Waals surface area contributed by atoms with Gasteiger partial charge in [0.15, 0.2) is 6.61 Å². The van der Waals surface area contributed by atoms with E-state index in [4.69, 9.17) is 4.74 Å². The number of carbonyl (C=O) groups excluding carboxylic acids is 1. The lowest BCUT2D eigenvalue weighted by Crippen LogP contribution is -2.51. The lowest BCUT2D eigenvalue weighted by molar-refractivity contribution is -0.139. The van der Waals surface area contributed by atoms with E-state index in [0.717, 1.165) is 24.6 Å². The van der Waals surface area contributed by atoms with E-state index in [9.17, 15) is 4.79 Å². The monoisotopic (exact) mass is 273 g/mol. The van der Waals surface area contributed by atoms with E-state index in [2.05, 4.69) is 4.90 Å². The van der Waals surface area contributed by atoms with Gasteiger partial charge in [-0.1, -0.05) is 31.0 Å². The van der Waals surface area contributed by atoms with Crippen molar-refractivity contribution in [3.8, 4) is 5.75 Å². The van der Waals surface area contributed by atoms with Crippen LogP contribution in [0.5, 0.6) is 5.75 Å². The van der Waals surface area contributed by atoms with Crippen molar-refractivity contribution in [3.05, 3.63) is 30.3 Å². The largest absolute Gasteiger partial charge is 0.484 e. The van der Waals surface area contributed by atoms with E-state index < -0.39 is 0 Å². The van der Waals surface area contributed by atoms with Crippen molar-refractivity contribution >= 4 is 5.91 Å². The zero-order chi connectivity index (χ0) is 13.8. The van der Waals surface area contributed by atoms with Crippen molar-refractivity contribution in [1.29, 1.82) is 0 Å². The topological polar surface area (TPSA) is 29.5 Å². The van der Waals surface area contributed by atoms with Crippen molar-refractivity contribution in [2.45, 2.75) is 44.6 Å². The maximum absolute atomic E-state index is 12.4. The summed E-state index contributed by atoms with van der Waals surface area (Å²) in [5, 5.41) is 0. The fraction of sp³-hybridized carbons (Fsp3) is 0.588. The molecule has 1 aliphatic carbocycles. The summed E-state index contributed by atoms with van der Waals surface area (Å²) in [6.07, 6.45) is 7.54. The molecule has 0 N–H and O–H groups in total. The first kappa shape index (κ1) is 13.5. The fourth-order valence-corrected chi connectivity index (χ4v) is 3.68. The highest BCUT2D eigenvalue weighted by atomic mass is 16.5. The van der Waals surface area contributed by atoms with E-state index in [1.54, 1.807) is 0 Å². The third-order valence-corrected chi connectivity index (χ3v) is 4.67. The summed E-state index contributed by atoms with van der Waals surface area (Å²) in [4.78, 5) is 14.5. The second-order valence-electron chi connectivity index (χ2n) is 5.94. The molecule has 3 rings (SSSR count). The van der Waals surface area contributed by atoms with Gasteiger partial charge in [-0.25, -0.2) is 0 Å². The van der Waals surface area contributed by atoms with Crippen LogP contribution in [0.4, 0.5) is 0 Å². The van der Waals surface area contributed by atoms with E-state index in [1.165, 1.54) is 32.1 Å². The predicted octanol–water partition coefficient (Wildman–Crippen LogP) is 3.25. The molecule has 3 nitrogen and oxygen atoms in total. The van der Waals surface area contributed by atoms with Gasteiger partial charge in [-0.2, -0.15) is 0 Å². The van der Waals surface area contributed by atoms with E-state index in [0.29, 0.717) is 6.04 Å². The molecule has 1 aliphatic heterocycles. The van der Waals surface area contributed by atoms with Crippen molar-refractivity contribution in [2.24, 2.45) is 5.92 Å². The van der Waals surface area contributed by atoms with Gasteiger partial charge in [-0.3, -0.25) is 4.79 Å². The van der Waals surface area contributed by atoms with E-state index in [-0.39, 0.29) is 12.5 Å². The smallest absolute Gasteiger partial charge is 0.260 e. The highest BCUT2D eigenvalue weighted by molar-refractivity contribution is 5.78. The molecule has 3 heteroatoms. The summed E-state index contributed by atoms with van der Waals surface area (Å²) in [6, 6.07) is 10.1. The van der Waals surface area contributed by atoms with Gasteiger partial charge in [0.2, 0.25) is 0 Å². The molecule has 0 bridgehead atoms. The highest BCUT2D eigenvalue weighted by Gasteiger charge is 2.35. The number of hydrogen-bond acceptors (Lipinski definition) is 2. The van der Waals surface area contributed by atoms with E-state index in [1.807, 2.05) is 30.3 Å². The molecular formula is C17H23NO2. The fourth-order valence-electron chi connectivity index (χ4n) is 3.68. The molecule has 1 heterocycles. The molecule has 2 aliphatic rings. The van der Waals surface area contributed by atoms with Crippen LogP contribution in [0.2, 0.25) is 0 Å². The third-order valence-electron chi connectivity index (χ3n) is 4.67. The van der Waals surface area contributed by atoms with Gasteiger partial charge in [-0.15, -0.1) is 0 Å². The quantitative estimate of drug-likeness (QED) is 0.846. The van der Waals surface area contributed by atoms with Gasteiger partial charge in [0.25, 0.3) is 5.91 Å². The molecule has 1 saturated heterocycles. The summed E-state index contributed by atoms with van der Waals surface area (Å²) >= 11 is 0. The second kappa shape index (κ2) is 6.29. The zero-order valence-electron chi connectivity index (χ0n) is 12.0. The van der Waals surface area contributed by atoms with Gasteiger partial charge in [0.05, 0.1) is 0 Å². The first-order valence-corrected chi connectivity index (χ1v) is 7.82. The number of likely N-dealkylation sites (tertiary alicyclic amines) is 1. The summed E-state index contributed by atoms with van der Waals surface area (Å²) in [5.74, 6) is 1.67. The van der Waals surface area contributed by atoms with Crippen LogP contribution in [-0.2, 0) is 4.79 Å². The molecular weight excluding hydrogens is 250 g/mol. The van der Waals surface area contributed by atoms with Gasteiger partial charge < -0.3 is 9.64 Å². The molecule has 2 atom stereocenters. The number of hydrogen-bond donors (Lipinski definition) is 0. The molecule has 108 valence electrons. The van der Waals surface area contributed by atoms with Crippen molar-refractivity contribution < 1.29 is 9.53 Å². The molecule has 1 amide bonds. The lowest BCUT2D eigenvalue weighted by atomic mass is 9.78. The third kappa shape index (κ3) is 2.97. The number of fused-ring (bicyclic) bond motifs is 1. The van der Waals surface area contributed by atoms with E-state index >= 15 is 0 Å². The minimum atomic E-state index is 0.158. The van der Waals surface area contributed by atoms with Crippen LogP contribution in [0.3, 0.4) is 0 Å². The SMILES string of the molecule is O=C(COc1ccccc1)N1CCC[C@@H]2CCCC[C@@H]21. The Morgan fingerprint density at radius 2 is 1.85 bits per heavy atom. The molecule has 0 spiro atoms. The van der Waals surface area contributed by atoms with Gasteiger partial charge in [0, 0.05) is 12.6 Å². The molecule has 2 fully saturated rings. The Morgan fingerprint density at radius 3 is 2.70 bits per heavy atom. The van der Waals surface area contributed by atoms with Gasteiger partial charge in [-0.05, 0) is 43.7 Å². The average Bonchev–Trinajstić information content (AvgIpc) is 2.53. The Kier molecular flexibility index (Phi) is 4.24. The number of rotatable bonds is 3. The Balaban J connectivity index is 1.58. The first-order chi connectivity index (χ1) is 9.84.